The molecule has 3 rings (SSSR count). The second kappa shape index (κ2) is 6.66. The van der Waals surface area contributed by atoms with Gasteiger partial charge in [0, 0.05) is 5.69 Å². The van der Waals surface area contributed by atoms with Crippen LogP contribution >= 0.6 is 23.4 Å². The van der Waals surface area contributed by atoms with Crippen LogP contribution in [0.4, 0.5) is 10.1 Å². The highest BCUT2D eigenvalue weighted by atomic mass is 35.5. The zero-order chi connectivity index (χ0) is 17.3. The van der Waals surface area contributed by atoms with Gasteiger partial charge < -0.3 is 10.3 Å². The number of H-pyrrole nitrogens is 2. The molecule has 3 N–H and O–H groups in total. The standard InChI is InChI=1S/C15H12ClFN4O2S/c1-7-4-11-13(18-7)14(23)21-15(20-11)24-6-12(22)19-10-5-8(17)2-3-9(10)16/h2-5,18H,6H2,1H3,(H,19,22)(H,20,21,23). The lowest BCUT2D eigenvalue weighted by Gasteiger charge is -2.07. The van der Waals surface area contributed by atoms with E-state index < -0.39 is 5.82 Å². The fourth-order valence-corrected chi connectivity index (χ4v) is 2.95. The zero-order valence-electron chi connectivity index (χ0n) is 12.4. The van der Waals surface area contributed by atoms with Crippen LogP contribution in [0.1, 0.15) is 5.69 Å². The number of nitrogens with zero attached hydrogens (tertiary/aromatic N) is 1. The molecule has 0 atom stereocenters. The number of thioether (sulfide) groups is 1. The Morgan fingerprint density at radius 1 is 1.38 bits per heavy atom. The Labute approximate surface area is 144 Å². The zero-order valence-corrected chi connectivity index (χ0v) is 14.0. The fraction of sp³-hybridized carbons (Fsp3) is 0.133. The molecular formula is C15H12ClFN4O2S. The SMILES string of the molecule is Cc1cc2nc(SCC(=O)Nc3cc(F)ccc3Cl)[nH]c(=O)c2[nH]1. The van der Waals surface area contributed by atoms with Gasteiger partial charge in [-0.25, -0.2) is 9.37 Å². The predicted octanol–water partition coefficient (Wildman–Crippen LogP) is 3.08. The third kappa shape index (κ3) is 3.60. The van der Waals surface area contributed by atoms with Gasteiger partial charge in [0.1, 0.15) is 11.3 Å². The number of halogens is 2. The quantitative estimate of drug-likeness (QED) is 0.489. The number of carbonyl (C=O) groups excluding carboxylic acids is 1. The van der Waals surface area contributed by atoms with Gasteiger partial charge in [0.05, 0.1) is 22.0 Å². The van der Waals surface area contributed by atoms with Gasteiger partial charge in [-0.15, -0.1) is 0 Å². The van der Waals surface area contributed by atoms with Crippen molar-refractivity contribution < 1.29 is 9.18 Å². The van der Waals surface area contributed by atoms with E-state index in [0.717, 1.165) is 23.5 Å². The number of amides is 1. The Balaban J connectivity index is 1.70. The fourth-order valence-electron chi connectivity index (χ4n) is 2.11. The topological polar surface area (TPSA) is 90.6 Å². The number of rotatable bonds is 4. The lowest BCUT2D eigenvalue weighted by atomic mass is 10.3. The van der Waals surface area contributed by atoms with Crippen LogP contribution in [0.2, 0.25) is 5.02 Å². The van der Waals surface area contributed by atoms with Crippen molar-refractivity contribution in [1.82, 2.24) is 15.0 Å². The van der Waals surface area contributed by atoms with Crippen molar-refractivity contribution in [3.8, 4) is 0 Å². The number of aryl methyl sites for hydroxylation is 1. The maximum Gasteiger partial charge on any atom is 0.275 e. The molecule has 1 aromatic carbocycles. The van der Waals surface area contributed by atoms with Crippen LogP contribution < -0.4 is 10.9 Å². The highest BCUT2D eigenvalue weighted by molar-refractivity contribution is 7.99. The summed E-state index contributed by atoms with van der Waals surface area (Å²) in [6, 6.07) is 5.46. The molecule has 0 unspecified atom stereocenters. The van der Waals surface area contributed by atoms with Crippen LogP contribution in [0.15, 0.2) is 34.2 Å². The third-order valence-corrected chi connectivity index (χ3v) is 4.35. The van der Waals surface area contributed by atoms with Crippen molar-refractivity contribution in [2.75, 3.05) is 11.1 Å². The van der Waals surface area contributed by atoms with Gasteiger partial charge in [-0.2, -0.15) is 0 Å². The monoisotopic (exact) mass is 366 g/mol. The Hall–Kier alpha value is -2.32. The summed E-state index contributed by atoms with van der Waals surface area (Å²) in [5.74, 6) is -0.896. The van der Waals surface area contributed by atoms with E-state index in [9.17, 15) is 14.0 Å². The first-order valence-electron chi connectivity index (χ1n) is 6.90. The number of benzene rings is 1. The summed E-state index contributed by atoms with van der Waals surface area (Å²) >= 11 is 6.96. The summed E-state index contributed by atoms with van der Waals surface area (Å²) < 4.78 is 13.2. The molecule has 0 aliphatic carbocycles. The highest BCUT2D eigenvalue weighted by Gasteiger charge is 2.11. The van der Waals surface area contributed by atoms with Gasteiger partial charge in [-0.05, 0) is 31.2 Å². The summed E-state index contributed by atoms with van der Waals surface area (Å²) in [7, 11) is 0. The molecule has 2 heterocycles. The molecule has 0 saturated carbocycles. The van der Waals surface area contributed by atoms with Gasteiger partial charge >= 0.3 is 0 Å². The smallest absolute Gasteiger partial charge is 0.275 e. The summed E-state index contributed by atoms with van der Waals surface area (Å²) in [5, 5.41) is 3.09. The summed E-state index contributed by atoms with van der Waals surface area (Å²) in [5.41, 5.74) is 1.65. The third-order valence-electron chi connectivity index (χ3n) is 3.14. The number of carbonyl (C=O) groups is 1. The Morgan fingerprint density at radius 2 is 2.17 bits per heavy atom. The van der Waals surface area contributed by atoms with Crippen molar-refractivity contribution >= 4 is 46.0 Å². The molecule has 124 valence electrons. The molecule has 1 amide bonds. The molecule has 6 nitrogen and oxygen atoms in total. The molecule has 2 aromatic heterocycles. The maximum atomic E-state index is 13.2. The van der Waals surface area contributed by atoms with Crippen LogP contribution in [0, 0.1) is 12.7 Å². The summed E-state index contributed by atoms with van der Waals surface area (Å²) in [4.78, 5) is 33.7. The molecule has 0 bridgehead atoms. The first-order chi connectivity index (χ1) is 11.4. The lowest BCUT2D eigenvalue weighted by Crippen LogP contribution is -2.16. The minimum atomic E-state index is -0.498. The van der Waals surface area contributed by atoms with Gasteiger partial charge in [0.15, 0.2) is 5.16 Å². The predicted molar refractivity (Wildman–Crippen MR) is 92.2 cm³/mol. The molecule has 9 heteroatoms. The maximum absolute atomic E-state index is 13.2. The van der Waals surface area contributed by atoms with Crippen LogP contribution in [0.5, 0.6) is 0 Å². The number of aromatic amines is 2. The van der Waals surface area contributed by atoms with E-state index in [1.54, 1.807) is 6.07 Å². The molecule has 0 fully saturated rings. The number of anilines is 1. The van der Waals surface area contributed by atoms with E-state index in [1.165, 1.54) is 12.1 Å². The van der Waals surface area contributed by atoms with Crippen molar-refractivity contribution in [3.05, 3.63) is 51.2 Å². The molecule has 24 heavy (non-hydrogen) atoms. The van der Waals surface area contributed by atoms with Crippen molar-refractivity contribution in [1.29, 1.82) is 0 Å². The number of hydrogen-bond donors (Lipinski definition) is 3. The van der Waals surface area contributed by atoms with Crippen LogP contribution in [-0.2, 0) is 4.79 Å². The minimum Gasteiger partial charge on any atom is -0.353 e. The van der Waals surface area contributed by atoms with Crippen molar-refractivity contribution in [2.45, 2.75) is 12.1 Å². The second-order valence-electron chi connectivity index (χ2n) is 5.04. The van der Waals surface area contributed by atoms with Gasteiger partial charge in [-0.1, -0.05) is 23.4 Å². The largest absolute Gasteiger partial charge is 0.353 e. The van der Waals surface area contributed by atoms with Crippen LogP contribution in [0.3, 0.4) is 0 Å². The molecule has 0 radical (unpaired) electrons. The first kappa shape index (κ1) is 16.5. The average molecular weight is 367 g/mol. The number of fused-ring (bicyclic) bond motifs is 1. The van der Waals surface area contributed by atoms with Gasteiger partial charge in [-0.3, -0.25) is 14.6 Å². The molecule has 3 aromatic rings. The molecule has 0 aliphatic heterocycles. The van der Waals surface area contributed by atoms with Crippen molar-refractivity contribution in [3.63, 3.8) is 0 Å². The average Bonchev–Trinajstić information content (AvgIpc) is 2.90. The van der Waals surface area contributed by atoms with E-state index in [0.29, 0.717) is 16.2 Å². The van der Waals surface area contributed by atoms with E-state index >= 15 is 0 Å². The molecule has 0 aliphatic rings. The molecular weight excluding hydrogens is 355 g/mol. The van der Waals surface area contributed by atoms with Crippen LogP contribution in [0.25, 0.3) is 11.0 Å². The molecule has 0 saturated heterocycles. The van der Waals surface area contributed by atoms with E-state index in [-0.39, 0.29) is 27.9 Å². The Kier molecular flexibility index (Phi) is 4.59. The normalized spacial score (nSPS) is 11.0. The van der Waals surface area contributed by atoms with E-state index in [4.69, 9.17) is 11.6 Å². The summed E-state index contributed by atoms with van der Waals surface area (Å²) in [6.07, 6.45) is 0. The lowest BCUT2D eigenvalue weighted by molar-refractivity contribution is -0.113. The minimum absolute atomic E-state index is 0.00923. The Bertz CT molecular complexity index is 985. The Morgan fingerprint density at radius 3 is 2.96 bits per heavy atom. The number of hydrogen-bond acceptors (Lipinski definition) is 4. The first-order valence-corrected chi connectivity index (χ1v) is 8.26. The van der Waals surface area contributed by atoms with E-state index in [2.05, 4.69) is 20.3 Å². The number of nitrogens with one attached hydrogen (secondary N) is 3. The second-order valence-corrected chi connectivity index (χ2v) is 6.42. The van der Waals surface area contributed by atoms with E-state index in [1.807, 2.05) is 6.92 Å². The van der Waals surface area contributed by atoms with Crippen LogP contribution in [-0.4, -0.2) is 26.6 Å². The van der Waals surface area contributed by atoms with Gasteiger partial charge in [0.2, 0.25) is 5.91 Å². The van der Waals surface area contributed by atoms with Gasteiger partial charge in [0.25, 0.3) is 5.56 Å². The number of aromatic nitrogens is 3. The molecule has 0 spiro atoms. The highest BCUT2D eigenvalue weighted by Crippen LogP contribution is 2.23. The van der Waals surface area contributed by atoms with Crippen molar-refractivity contribution in [2.24, 2.45) is 0 Å². The summed E-state index contributed by atoms with van der Waals surface area (Å²) in [6.45, 7) is 1.82.